The van der Waals surface area contributed by atoms with Gasteiger partial charge < -0.3 is 0 Å². The van der Waals surface area contributed by atoms with Crippen molar-refractivity contribution in [2.45, 2.75) is 45.2 Å². The van der Waals surface area contributed by atoms with E-state index in [4.69, 9.17) is 0 Å². The number of hydrogen-bond acceptors (Lipinski definition) is 2. The largest absolute Gasteiger partial charge is 0.416 e. The van der Waals surface area contributed by atoms with Crippen molar-refractivity contribution in [2.24, 2.45) is 5.41 Å². The van der Waals surface area contributed by atoms with Crippen molar-refractivity contribution in [3.63, 3.8) is 0 Å². The second kappa shape index (κ2) is 7.11. The summed E-state index contributed by atoms with van der Waals surface area (Å²) in [6, 6.07) is 14.2. The van der Waals surface area contributed by atoms with E-state index in [9.17, 15) is 22.8 Å². The Morgan fingerprint density at radius 1 is 0.933 bits per heavy atom. The number of carbonyl (C=O) groups excluding carboxylic acids is 2. The van der Waals surface area contributed by atoms with Crippen LogP contribution >= 0.6 is 0 Å². The molecule has 0 spiro atoms. The van der Waals surface area contributed by atoms with Crippen LogP contribution in [-0.4, -0.2) is 11.7 Å². The Labute approximate surface area is 173 Å². The number of para-hydroxylation sites is 1. The molecule has 0 saturated heterocycles. The van der Waals surface area contributed by atoms with Crippen LogP contribution in [0.4, 0.5) is 18.9 Å². The number of carbonyl (C=O) groups is 2. The van der Waals surface area contributed by atoms with Gasteiger partial charge in [-0.2, -0.15) is 13.2 Å². The molecule has 0 aromatic heterocycles. The smallest absolute Gasteiger partial charge is 0.294 e. The Kier molecular flexibility index (Phi) is 4.83. The number of Topliss-reactive ketones (excluding diaryl/α,β-unsaturated/α-hetero) is 1. The zero-order valence-electron chi connectivity index (χ0n) is 16.8. The number of benzene rings is 2. The predicted molar refractivity (Wildman–Crippen MR) is 108 cm³/mol. The molecule has 2 aromatic rings. The van der Waals surface area contributed by atoms with Crippen molar-refractivity contribution in [3.8, 4) is 0 Å². The monoisotopic (exact) mass is 413 g/mol. The zero-order chi connectivity index (χ0) is 21.7. The van der Waals surface area contributed by atoms with Gasteiger partial charge in [0.15, 0.2) is 5.78 Å². The number of amides is 1. The van der Waals surface area contributed by atoms with Gasteiger partial charge in [-0.1, -0.05) is 50.2 Å². The van der Waals surface area contributed by atoms with Gasteiger partial charge in [-0.3, -0.25) is 14.5 Å². The van der Waals surface area contributed by atoms with E-state index >= 15 is 0 Å². The molecule has 0 saturated carbocycles. The molecule has 1 aliphatic heterocycles. The number of alkyl halides is 3. The molecular formula is C24H22F3NO2. The molecule has 2 aliphatic rings. The fraction of sp³-hybridized carbons (Fsp3) is 0.333. The molecule has 1 amide bonds. The molecule has 6 heteroatoms. The van der Waals surface area contributed by atoms with Crippen molar-refractivity contribution < 1.29 is 22.8 Å². The molecule has 1 heterocycles. The third-order valence-electron chi connectivity index (χ3n) is 5.80. The molecule has 0 N–H and O–H groups in total. The highest BCUT2D eigenvalue weighted by Crippen LogP contribution is 2.49. The standard InChI is InChI=1S/C24H22F3NO2/c1-23(2)13-19-22(20(29)14-23)17(16-10-6-7-11-18(16)24(25,26)27)12-21(30)28(19)15-8-4-3-5-9-15/h3-11,17H,12-14H2,1-2H3. The number of rotatable bonds is 2. The van der Waals surface area contributed by atoms with Crippen molar-refractivity contribution >= 4 is 17.4 Å². The first kappa shape index (κ1) is 20.4. The van der Waals surface area contributed by atoms with Crippen LogP contribution in [0.3, 0.4) is 0 Å². The first-order valence-electron chi connectivity index (χ1n) is 9.89. The fourth-order valence-electron chi connectivity index (χ4n) is 4.62. The van der Waals surface area contributed by atoms with E-state index in [0.717, 1.165) is 6.07 Å². The third-order valence-corrected chi connectivity index (χ3v) is 5.80. The lowest BCUT2D eigenvalue weighted by atomic mass is 9.68. The summed E-state index contributed by atoms with van der Waals surface area (Å²) in [6.07, 6.45) is -4.05. The SMILES string of the molecule is CC1(C)CC(=O)C2=C(C1)N(c1ccccc1)C(=O)CC2c1ccccc1C(F)(F)F. The summed E-state index contributed by atoms with van der Waals surface area (Å²) in [7, 11) is 0. The molecule has 30 heavy (non-hydrogen) atoms. The van der Waals surface area contributed by atoms with Crippen LogP contribution < -0.4 is 4.90 Å². The van der Waals surface area contributed by atoms with Crippen molar-refractivity contribution in [2.75, 3.05) is 4.90 Å². The van der Waals surface area contributed by atoms with Gasteiger partial charge in [0, 0.05) is 35.7 Å². The number of nitrogens with zero attached hydrogens (tertiary/aromatic N) is 1. The van der Waals surface area contributed by atoms with Crippen molar-refractivity contribution in [1.29, 1.82) is 0 Å². The maximum Gasteiger partial charge on any atom is 0.416 e. The first-order valence-corrected chi connectivity index (χ1v) is 9.89. The molecular weight excluding hydrogens is 391 g/mol. The first-order chi connectivity index (χ1) is 14.1. The van der Waals surface area contributed by atoms with Gasteiger partial charge in [-0.05, 0) is 35.6 Å². The van der Waals surface area contributed by atoms with Crippen LogP contribution in [0.5, 0.6) is 0 Å². The number of allylic oxidation sites excluding steroid dienone is 2. The van der Waals surface area contributed by atoms with Gasteiger partial charge in [-0.25, -0.2) is 0 Å². The van der Waals surface area contributed by atoms with Gasteiger partial charge >= 0.3 is 6.18 Å². The van der Waals surface area contributed by atoms with Crippen LogP contribution in [0.15, 0.2) is 65.9 Å². The maximum absolute atomic E-state index is 13.7. The van der Waals surface area contributed by atoms with Crippen LogP contribution in [-0.2, 0) is 15.8 Å². The predicted octanol–water partition coefficient (Wildman–Crippen LogP) is 5.87. The minimum atomic E-state index is -4.56. The topological polar surface area (TPSA) is 37.4 Å². The summed E-state index contributed by atoms with van der Waals surface area (Å²) < 4.78 is 41.1. The Morgan fingerprint density at radius 3 is 2.23 bits per heavy atom. The van der Waals surface area contributed by atoms with Gasteiger partial charge in [0.1, 0.15) is 0 Å². The summed E-state index contributed by atoms with van der Waals surface area (Å²) >= 11 is 0. The summed E-state index contributed by atoms with van der Waals surface area (Å²) in [6.45, 7) is 3.88. The van der Waals surface area contributed by atoms with E-state index in [1.807, 2.05) is 19.9 Å². The zero-order valence-corrected chi connectivity index (χ0v) is 16.8. The molecule has 3 nitrogen and oxygen atoms in total. The van der Waals surface area contributed by atoms with Crippen LogP contribution in [0.25, 0.3) is 0 Å². The Balaban J connectivity index is 1.94. The summed E-state index contributed by atoms with van der Waals surface area (Å²) in [5, 5.41) is 0. The average molecular weight is 413 g/mol. The van der Waals surface area contributed by atoms with E-state index in [2.05, 4.69) is 0 Å². The lowest BCUT2D eigenvalue weighted by molar-refractivity contribution is -0.138. The fourth-order valence-corrected chi connectivity index (χ4v) is 4.62. The van der Waals surface area contributed by atoms with E-state index < -0.39 is 17.7 Å². The van der Waals surface area contributed by atoms with Gasteiger partial charge in [0.05, 0.1) is 5.56 Å². The summed E-state index contributed by atoms with van der Waals surface area (Å²) in [5.41, 5.74) is 0.319. The van der Waals surface area contributed by atoms with Crippen molar-refractivity contribution in [1.82, 2.24) is 0 Å². The molecule has 4 rings (SSSR count). The number of halogens is 3. The van der Waals surface area contributed by atoms with Crippen LogP contribution in [0, 0.1) is 5.41 Å². The molecule has 0 bridgehead atoms. The molecule has 0 fully saturated rings. The molecule has 156 valence electrons. The second-order valence-electron chi connectivity index (χ2n) is 8.71. The molecule has 1 aliphatic carbocycles. The van der Waals surface area contributed by atoms with E-state index in [1.54, 1.807) is 24.3 Å². The minimum absolute atomic E-state index is 0.00776. The third kappa shape index (κ3) is 3.55. The maximum atomic E-state index is 13.7. The van der Waals surface area contributed by atoms with Gasteiger partial charge in [0.25, 0.3) is 0 Å². The number of ketones is 1. The molecule has 2 aromatic carbocycles. The number of anilines is 1. The summed E-state index contributed by atoms with van der Waals surface area (Å²) in [4.78, 5) is 27.9. The highest BCUT2D eigenvalue weighted by Gasteiger charge is 2.46. The molecule has 1 atom stereocenters. The van der Waals surface area contributed by atoms with E-state index in [0.29, 0.717) is 23.4 Å². The minimum Gasteiger partial charge on any atom is -0.294 e. The van der Waals surface area contributed by atoms with E-state index in [1.165, 1.54) is 23.1 Å². The Bertz CT molecular complexity index is 1040. The number of hydrogen-bond donors (Lipinski definition) is 0. The highest BCUT2D eigenvalue weighted by atomic mass is 19.4. The lowest BCUT2D eigenvalue weighted by Gasteiger charge is -2.43. The lowest BCUT2D eigenvalue weighted by Crippen LogP contribution is -2.44. The van der Waals surface area contributed by atoms with Crippen LogP contribution in [0.1, 0.15) is 50.2 Å². The van der Waals surface area contributed by atoms with Crippen LogP contribution in [0.2, 0.25) is 0 Å². The van der Waals surface area contributed by atoms with Gasteiger partial charge in [-0.15, -0.1) is 0 Å². The average Bonchev–Trinajstić information content (AvgIpc) is 2.66. The highest BCUT2D eigenvalue weighted by molar-refractivity contribution is 6.07. The Hall–Kier alpha value is -2.89. The quantitative estimate of drug-likeness (QED) is 0.618. The normalized spacial score (nSPS) is 21.6. The van der Waals surface area contributed by atoms with E-state index in [-0.39, 0.29) is 35.5 Å². The second-order valence-corrected chi connectivity index (χ2v) is 8.71. The Morgan fingerprint density at radius 2 is 1.57 bits per heavy atom. The van der Waals surface area contributed by atoms with Gasteiger partial charge in [0.2, 0.25) is 5.91 Å². The molecule has 1 unspecified atom stereocenters. The van der Waals surface area contributed by atoms with Crippen molar-refractivity contribution in [3.05, 3.63) is 77.0 Å². The summed E-state index contributed by atoms with van der Waals surface area (Å²) in [5.74, 6) is -1.38. The molecule has 0 radical (unpaired) electrons.